The first-order chi connectivity index (χ1) is 10.5. The van der Waals surface area contributed by atoms with Gasteiger partial charge in [0.05, 0.1) is 11.1 Å². The van der Waals surface area contributed by atoms with Crippen LogP contribution in [0.15, 0.2) is 52.0 Å². The number of hydrazone groups is 1. The molecule has 6 nitrogen and oxygen atoms in total. The van der Waals surface area contributed by atoms with Gasteiger partial charge in [0.15, 0.2) is 0 Å². The first kappa shape index (κ1) is 16.1. The van der Waals surface area contributed by atoms with Crippen molar-refractivity contribution < 1.29 is 9.72 Å². The summed E-state index contributed by atoms with van der Waals surface area (Å²) in [7, 11) is 0. The normalized spacial score (nSPS) is 10.6. The molecule has 0 saturated carbocycles. The summed E-state index contributed by atoms with van der Waals surface area (Å²) in [6.07, 6.45) is 1.39. The van der Waals surface area contributed by atoms with Gasteiger partial charge in [-0.1, -0.05) is 11.6 Å². The van der Waals surface area contributed by atoms with Gasteiger partial charge in [0.1, 0.15) is 0 Å². The highest BCUT2D eigenvalue weighted by Gasteiger charge is 2.08. The molecule has 0 atom stereocenters. The Morgan fingerprint density at radius 3 is 2.55 bits per heavy atom. The SMILES string of the molecule is O=C(N/N=C\c1ccc([N+](=O)[O-])cc1Br)c1ccc(Cl)cc1. The molecule has 0 heterocycles. The van der Waals surface area contributed by atoms with Crippen molar-refractivity contribution in [2.24, 2.45) is 5.10 Å². The Morgan fingerprint density at radius 2 is 1.95 bits per heavy atom. The molecule has 0 aliphatic rings. The quantitative estimate of drug-likeness (QED) is 0.496. The number of rotatable bonds is 4. The number of nitrogens with one attached hydrogen (secondary N) is 1. The highest BCUT2D eigenvalue weighted by atomic mass is 79.9. The predicted molar refractivity (Wildman–Crippen MR) is 87.3 cm³/mol. The minimum absolute atomic E-state index is 0.0331. The van der Waals surface area contributed by atoms with Crippen LogP contribution in [0.25, 0.3) is 0 Å². The average molecular weight is 383 g/mol. The lowest BCUT2D eigenvalue weighted by atomic mass is 10.2. The molecule has 0 aromatic heterocycles. The Kier molecular flexibility index (Phi) is 5.24. The zero-order valence-electron chi connectivity index (χ0n) is 11.0. The van der Waals surface area contributed by atoms with E-state index in [0.29, 0.717) is 20.6 Å². The summed E-state index contributed by atoms with van der Waals surface area (Å²) in [5.74, 6) is -0.383. The van der Waals surface area contributed by atoms with Crippen molar-refractivity contribution in [2.45, 2.75) is 0 Å². The maximum Gasteiger partial charge on any atom is 0.271 e. The van der Waals surface area contributed by atoms with Gasteiger partial charge >= 0.3 is 0 Å². The van der Waals surface area contributed by atoms with Gasteiger partial charge in [-0.3, -0.25) is 14.9 Å². The summed E-state index contributed by atoms with van der Waals surface area (Å²) in [6.45, 7) is 0. The van der Waals surface area contributed by atoms with Gasteiger partial charge in [0.2, 0.25) is 0 Å². The van der Waals surface area contributed by atoms with E-state index in [-0.39, 0.29) is 11.6 Å². The lowest BCUT2D eigenvalue weighted by Gasteiger charge is -2.01. The van der Waals surface area contributed by atoms with E-state index in [1.54, 1.807) is 24.3 Å². The number of nitrogens with zero attached hydrogens (tertiary/aromatic N) is 2. The van der Waals surface area contributed by atoms with Gasteiger partial charge < -0.3 is 0 Å². The van der Waals surface area contributed by atoms with Crippen molar-refractivity contribution in [1.29, 1.82) is 0 Å². The zero-order chi connectivity index (χ0) is 16.1. The van der Waals surface area contributed by atoms with E-state index in [9.17, 15) is 14.9 Å². The molecule has 22 heavy (non-hydrogen) atoms. The van der Waals surface area contributed by atoms with Gasteiger partial charge in [0, 0.05) is 32.8 Å². The van der Waals surface area contributed by atoms with Crippen molar-refractivity contribution in [3.8, 4) is 0 Å². The van der Waals surface area contributed by atoms with Crippen molar-refractivity contribution >= 4 is 45.3 Å². The Morgan fingerprint density at radius 1 is 1.27 bits per heavy atom. The second kappa shape index (κ2) is 7.15. The second-order valence-corrected chi connectivity index (χ2v) is 5.46. The lowest BCUT2D eigenvalue weighted by molar-refractivity contribution is -0.384. The van der Waals surface area contributed by atoms with E-state index in [1.807, 2.05) is 0 Å². The molecule has 2 aromatic carbocycles. The number of non-ortho nitro benzene ring substituents is 1. The topological polar surface area (TPSA) is 84.6 Å². The van der Waals surface area contributed by atoms with Crippen LogP contribution >= 0.6 is 27.5 Å². The minimum atomic E-state index is -0.492. The molecule has 0 aliphatic heterocycles. The van der Waals surface area contributed by atoms with E-state index in [4.69, 9.17) is 11.6 Å². The van der Waals surface area contributed by atoms with Gasteiger partial charge in [-0.15, -0.1) is 0 Å². The number of hydrogen-bond acceptors (Lipinski definition) is 4. The van der Waals surface area contributed by atoms with Gasteiger partial charge in [-0.25, -0.2) is 5.43 Å². The molecule has 0 radical (unpaired) electrons. The first-order valence-electron chi connectivity index (χ1n) is 6.00. The number of carbonyl (C=O) groups is 1. The highest BCUT2D eigenvalue weighted by molar-refractivity contribution is 9.10. The molecule has 1 amide bonds. The Hall–Kier alpha value is -2.25. The third-order valence-electron chi connectivity index (χ3n) is 2.67. The number of halogens is 2. The number of nitro benzene ring substituents is 1. The average Bonchev–Trinajstić information content (AvgIpc) is 2.49. The van der Waals surface area contributed by atoms with E-state index < -0.39 is 4.92 Å². The van der Waals surface area contributed by atoms with Crippen molar-refractivity contribution in [3.05, 3.63) is 73.2 Å². The molecule has 2 rings (SSSR count). The summed E-state index contributed by atoms with van der Waals surface area (Å²) >= 11 is 8.95. The molecule has 2 aromatic rings. The molecule has 0 saturated heterocycles. The summed E-state index contributed by atoms with van der Waals surface area (Å²) in [5.41, 5.74) is 3.35. The Balaban J connectivity index is 2.05. The molecule has 0 spiro atoms. The molecule has 112 valence electrons. The molecule has 0 unspecified atom stereocenters. The molecule has 8 heteroatoms. The maximum absolute atomic E-state index is 11.8. The van der Waals surface area contributed by atoms with Crippen LogP contribution in [0.5, 0.6) is 0 Å². The van der Waals surface area contributed by atoms with Crippen LogP contribution < -0.4 is 5.43 Å². The smallest absolute Gasteiger partial charge is 0.267 e. The van der Waals surface area contributed by atoms with Crippen LogP contribution in [0.2, 0.25) is 5.02 Å². The van der Waals surface area contributed by atoms with Crippen LogP contribution in [0.3, 0.4) is 0 Å². The van der Waals surface area contributed by atoms with Crippen LogP contribution in [0.1, 0.15) is 15.9 Å². The van der Waals surface area contributed by atoms with Gasteiger partial charge in [-0.2, -0.15) is 5.10 Å². The summed E-state index contributed by atoms with van der Waals surface area (Å²) in [6, 6.07) is 10.6. The standard InChI is InChI=1S/C14H9BrClN3O3/c15-13-7-12(19(21)22)6-3-10(13)8-17-18-14(20)9-1-4-11(16)5-2-9/h1-8H,(H,18,20)/b17-8-. The van der Waals surface area contributed by atoms with E-state index in [0.717, 1.165) is 0 Å². The maximum atomic E-state index is 11.8. The summed E-state index contributed by atoms with van der Waals surface area (Å²) in [5, 5.41) is 15.0. The van der Waals surface area contributed by atoms with Gasteiger partial charge in [-0.05, 0) is 46.3 Å². The fourth-order valence-electron chi connectivity index (χ4n) is 1.56. The summed E-state index contributed by atoms with van der Waals surface area (Å²) in [4.78, 5) is 21.9. The van der Waals surface area contributed by atoms with Gasteiger partial charge in [0.25, 0.3) is 11.6 Å². The molecular formula is C14H9BrClN3O3. The van der Waals surface area contributed by atoms with Crippen LogP contribution in [-0.4, -0.2) is 17.0 Å². The second-order valence-electron chi connectivity index (χ2n) is 4.17. The molecule has 0 aliphatic carbocycles. The lowest BCUT2D eigenvalue weighted by Crippen LogP contribution is -2.17. The van der Waals surface area contributed by atoms with Crippen LogP contribution in [-0.2, 0) is 0 Å². The fraction of sp³-hybridized carbons (Fsp3) is 0. The first-order valence-corrected chi connectivity index (χ1v) is 7.17. The molecular weight excluding hydrogens is 374 g/mol. The highest BCUT2D eigenvalue weighted by Crippen LogP contribution is 2.21. The largest absolute Gasteiger partial charge is 0.271 e. The molecule has 0 fully saturated rings. The number of nitro groups is 1. The number of benzene rings is 2. The third-order valence-corrected chi connectivity index (χ3v) is 3.61. The van der Waals surface area contributed by atoms with Crippen molar-refractivity contribution in [1.82, 2.24) is 5.43 Å². The zero-order valence-corrected chi connectivity index (χ0v) is 13.3. The number of amides is 1. The monoisotopic (exact) mass is 381 g/mol. The van der Waals surface area contributed by atoms with E-state index >= 15 is 0 Å². The van der Waals surface area contributed by atoms with Crippen molar-refractivity contribution in [3.63, 3.8) is 0 Å². The fourth-order valence-corrected chi connectivity index (χ4v) is 2.16. The van der Waals surface area contributed by atoms with E-state index in [1.165, 1.54) is 24.4 Å². The number of hydrogen-bond donors (Lipinski definition) is 1. The number of carbonyl (C=O) groups excluding carboxylic acids is 1. The van der Waals surface area contributed by atoms with Crippen LogP contribution in [0, 0.1) is 10.1 Å². The molecule has 1 N–H and O–H groups in total. The van der Waals surface area contributed by atoms with Crippen molar-refractivity contribution in [2.75, 3.05) is 0 Å². The predicted octanol–water partition coefficient (Wildman–Crippen LogP) is 3.77. The third kappa shape index (κ3) is 4.12. The molecule has 0 bridgehead atoms. The van der Waals surface area contributed by atoms with E-state index in [2.05, 4.69) is 26.5 Å². The Bertz CT molecular complexity index is 747. The Labute approximate surface area is 139 Å². The van der Waals surface area contributed by atoms with Crippen LogP contribution in [0.4, 0.5) is 5.69 Å². The summed E-state index contributed by atoms with van der Waals surface area (Å²) < 4.78 is 0.506. The minimum Gasteiger partial charge on any atom is -0.267 e.